The van der Waals surface area contributed by atoms with Crippen molar-refractivity contribution in [2.24, 2.45) is 9.98 Å². The Labute approximate surface area is 180 Å². The number of H-pyrrole nitrogens is 1. The molecule has 0 aliphatic carbocycles. The first-order chi connectivity index (χ1) is 14.6. The number of carbonyl (C=O) groups is 2. The Kier molecular flexibility index (Phi) is 4.36. The number of aromatic nitrogens is 1. The third-order valence-electron chi connectivity index (χ3n) is 5.25. The van der Waals surface area contributed by atoms with Crippen molar-refractivity contribution < 1.29 is 9.59 Å². The van der Waals surface area contributed by atoms with Crippen LogP contribution in [0.3, 0.4) is 0 Å². The molecule has 2 aromatic carbocycles. The van der Waals surface area contributed by atoms with Crippen LogP contribution < -0.4 is 5.32 Å². The molecule has 2 aliphatic rings. The number of fused-ring (bicyclic) bond motifs is 2. The first kappa shape index (κ1) is 18.5. The van der Waals surface area contributed by atoms with Gasteiger partial charge in [-0.1, -0.05) is 34.1 Å². The van der Waals surface area contributed by atoms with Gasteiger partial charge in [0.25, 0.3) is 11.8 Å². The van der Waals surface area contributed by atoms with Gasteiger partial charge in [0.2, 0.25) is 5.66 Å². The van der Waals surface area contributed by atoms with Gasteiger partial charge in [0.05, 0.1) is 6.21 Å². The van der Waals surface area contributed by atoms with Crippen molar-refractivity contribution in [2.45, 2.75) is 12.1 Å². The van der Waals surface area contributed by atoms with Crippen LogP contribution in [0.15, 0.2) is 81.6 Å². The normalized spacial score (nSPS) is 19.8. The van der Waals surface area contributed by atoms with Crippen molar-refractivity contribution in [2.75, 3.05) is 0 Å². The fourth-order valence-electron chi connectivity index (χ4n) is 3.80. The summed E-state index contributed by atoms with van der Waals surface area (Å²) in [4.78, 5) is 39.4. The zero-order chi connectivity index (χ0) is 20.7. The number of nitrogens with zero attached hydrogens (tertiary/aromatic N) is 3. The van der Waals surface area contributed by atoms with Gasteiger partial charge in [0, 0.05) is 46.0 Å². The van der Waals surface area contributed by atoms with Crippen LogP contribution >= 0.6 is 15.9 Å². The molecule has 1 aromatic heterocycles. The van der Waals surface area contributed by atoms with Gasteiger partial charge in [-0.2, -0.15) is 4.99 Å². The van der Waals surface area contributed by atoms with Gasteiger partial charge in [-0.3, -0.25) is 19.5 Å². The van der Waals surface area contributed by atoms with Gasteiger partial charge in [-0.25, -0.2) is 0 Å². The largest absolute Gasteiger partial charge is 0.361 e. The lowest BCUT2D eigenvalue weighted by Gasteiger charge is -2.36. The smallest absolute Gasteiger partial charge is 0.295 e. The lowest BCUT2D eigenvalue weighted by Crippen LogP contribution is -2.63. The fourth-order valence-corrected chi connectivity index (χ4v) is 4.16. The Morgan fingerprint density at radius 2 is 2.03 bits per heavy atom. The average molecular weight is 462 g/mol. The minimum atomic E-state index is -1.39. The molecular weight excluding hydrogens is 446 g/mol. The zero-order valence-corrected chi connectivity index (χ0v) is 17.3. The first-order valence-corrected chi connectivity index (χ1v) is 10.1. The second-order valence-corrected chi connectivity index (χ2v) is 8.00. The van der Waals surface area contributed by atoms with Crippen LogP contribution in [0.1, 0.15) is 15.9 Å². The zero-order valence-electron chi connectivity index (χ0n) is 15.7. The molecule has 148 valence electrons. The highest BCUT2D eigenvalue weighted by Gasteiger charge is 2.51. The molecule has 0 saturated carbocycles. The van der Waals surface area contributed by atoms with E-state index in [1.807, 2.05) is 30.5 Å². The minimum Gasteiger partial charge on any atom is -0.361 e. The van der Waals surface area contributed by atoms with Gasteiger partial charge < -0.3 is 10.3 Å². The maximum absolute atomic E-state index is 13.2. The Balaban J connectivity index is 1.59. The summed E-state index contributed by atoms with van der Waals surface area (Å²) in [6, 6.07) is 14.7. The quantitative estimate of drug-likeness (QED) is 0.623. The molecule has 0 spiro atoms. The number of aromatic amines is 1. The van der Waals surface area contributed by atoms with Crippen molar-refractivity contribution in [3.8, 4) is 0 Å². The number of rotatable bonds is 4. The molecule has 1 unspecified atom stereocenters. The molecule has 0 bridgehead atoms. The Bertz CT molecular complexity index is 1260. The molecule has 0 radical (unpaired) electrons. The fraction of sp³-hybridized carbons (Fsp3) is 0.0909. The van der Waals surface area contributed by atoms with Gasteiger partial charge in [0.1, 0.15) is 0 Å². The number of amidine groups is 1. The summed E-state index contributed by atoms with van der Waals surface area (Å²) >= 11 is 3.50. The Hall–Kier alpha value is -3.52. The number of carbonyl (C=O) groups excluding carboxylic acids is 2. The number of benzene rings is 2. The highest BCUT2D eigenvalue weighted by atomic mass is 79.9. The molecule has 7 nitrogen and oxygen atoms in total. The molecular formula is C22H16BrN5O2. The third-order valence-corrected chi connectivity index (χ3v) is 5.75. The predicted octanol–water partition coefficient (Wildman–Crippen LogP) is 3.40. The molecule has 2 amide bonds. The molecule has 8 heteroatoms. The standard InChI is InChI=1S/C22H16BrN5O2/c23-16-6-7-18-17(10-16)15(12-25-18)11-22(27-20(29)14-4-2-1-3-5-14)21(30)26-19-13-24-8-9-28(19)22/h1-10,12-13,25H,11H2,(H,27,29). The van der Waals surface area contributed by atoms with Crippen LogP contribution in [0.2, 0.25) is 0 Å². The van der Waals surface area contributed by atoms with E-state index in [9.17, 15) is 9.59 Å². The molecule has 3 heterocycles. The lowest BCUT2D eigenvalue weighted by molar-refractivity contribution is -0.126. The maximum Gasteiger partial charge on any atom is 0.295 e. The summed E-state index contributed by atoms with van der Waals surface area (Å²) in [5.41, 5.74) is 0.915. The lowest BCUT2D eigenvalue weighted by atomic mass is 9.96. The van der Waals surface area contributed by atoms with E-state index < -0.39 is 11.6 Å². The van der Waals surface area contributed by atoms with Gasteiger partial charge >= 0.3 is 0 Å². The van der Waals surface area contributed by atoms with E-state index in [0.717, 1.165) is 20.9 Å². The van der Waals surface area contributed by atoms with Gasteiger partial charge in [0.15, 0.2) is 5.84 Å². The number of hydrogen-bond donors (Lipinski definition) is 2. The number of hydrogen-bond acceptors (Lipinski definition) is 4. The topological polar surface area (TPSA) is 89.9 Å². The van der Waals surface area contributed by atoms with Crippen molar-refractivity contribution in [1.82, 2.24) is 15.2 Å². The monoisotopic (exact) mass is 461 g/mol. The number of aliphatic imine (C=N–C) groups is 2. The predicted molar refractivity (Wildman–Crippen MR) is 118 cm³/mol. The highest BCUT2D eigenvalue weighted by Crippen LogP contribution is 2.32. The van der Waals surface area contributed by atoms with Crippen molar-refractivity contribution >= 4 is 50.7 Å². The number of halogens is 1. The molecule has 1 atom stereocenters. The highest BCUT2D eigenvalue weighted by molar-refractivity contribution is 9.10. The molecule has 2 N–H and O–H groups in total. The van der Waals surface area contributed by atoms with E-state index in [1.165, 1.54) is 6.21 Å². The van der Waals surface area contributed by atoms with Gasteiger partial charge in [-0.15, -0.1) is 0 Å². The van der Waals surface area contributed by atoms with E-state index in [4.69, 9.17) is 0 Å². The van der Waals surface area contributed by atoms with E-state index in [-0.39, 0.29) is 12.3 Å². The second-order valence-electron chi connectivity index (χ2n) is 7.08. The summed E-state index contributed by atoms with van der Waals surface area (Å²) in [5.74, 6) is -0.390. The minimum absolute atomic E-state index is 0.228. The van der Waals surface area contributed by atoms with Crippen LogP contribution in [-0.2, 0) is 11.2 Å². The Morgan fingerprint density at radius 1 is 1.20 bits per heavy atom. The maximum atomic E-state index is 13.2. The molecule has 0 fully saturated rings. The third kappa shape index (κ3) is 2.96. The molecule has 30 heavy (non-hydrogen) atoms. The molecule has 2 aliphatic heterocycles. The van der Waals surface area contributed by atoms with Crippen LogP contribution in [0.4, 0.5) is 0 Å². The van der Waals surface area contributed by atoms with E-state index in [2.05, 4.69) is 36.2 Å². The van der Waals surface area contributed by atoms with Crippen molar-refractivity contribution in [3.63, 3.8) is 0 Å². The van der Waals surface area contributed by atoms with Crippen molar-refractivity contribution in [1.29, 1.82) is 0 Å². The second kappa shape index (κ2) is 7.07. The molecule has 5 rings (SSSR count). The summed E-state index contributed by atoms with van der Waals surface area (Å²) in [6.07, 6.45) is 6.85. The van der Waals surface area contributed by atoms with Gasteiger partial charge in [-0.05, 0) is 35.9 Å². The van der Waals surface area contributed by atoms with Crippen molar-refractivity contribution in [3.05, 3.63) is 82.7 Å². The van der Waals surface area contributed by atoms with Crippen LogP contribution in [0.5, 0.6) is 0 Å². The summed E-state index contributed by atoms with van der Waals surface area (Å²) < 4.78 is 0.929. The SMILES string of the molecule is O=C(NC1(Cc2c[nH]c3ccc(Br)cc23)C(=O)N=C2C=NC=CN21)c1ccccc1. The average Bonchev–Trinajstić information content (AvgIpc) is 3.27. The first-order valence-electron chi connectivity index (χ1n) is 9.32. The van der Waals surface area contributed by atoms with Crippen LogP contribution in [0.25, 0.3) is 10.9 Å². The van der Waals surface area contributed by atoms with Crippen LogP contribution in [-0.4, -0.2) is 39.4 Å². The number of amides is 2. The molecule has 3 aromatic rings. The summed E-state index contributed by atoms with van der Waals surface area (Å²) in [5, 5.41) is 3.93. The molecule has 0 saturated heterocycles. The van der Waals surface area contributed by atoms with Crippen LogP contribution in [0, 0.1) is 0 Å². The summed E-state index contributed by atoms with van der Waals surface area (Å²) in [7, 11) is 0. The van der Waals surface area contributed by atoms with E-state index >= 15 is 0 Å². The summed E-state index contributed by atoms with van der Waals surface area (Å²) in [6.45, 7) is 0. The van der Waals surface area contributed by atoms with E-state index in [1.54, 1.807) is 41.6 Å². The Morgan fingerprint density at radius 3 is 2.87 bits per heavy atom. The van der Waals surface area contributed by atoms with E-state index in [0.29, 0.717) is 11.4 Å². The number of nitrogens with one attached hydrogen (secondary N) is 2.